The van der Waals surface area contributed by atoms with Crippen LogP contribution in [0.5, 0.6) is 0 Å². The van der Waals surface area contributed by atoms with Crippen LogP contribution in [0, 0.1) is 0 Å². The molecule has 1 rings (SSSR count). The van der Waals surface area contributed by atoms with Gasteiger partial charge in [0.25, 0.3) is 0 Å². The number of piperazine rings is 1. The minimum absolute atomic E-state index is 0.682. The first-order valence-electron chi connectivity index (χ1n) is 7.44. The Morgan fingerprint density at radius 3 is 2.06 bits per heavy atom. The summed E-state index contributed by atoms with van der Waals surface area (Å²) in [4.78, 5) is 5.18. The highest BCUT2D eigenvalue weighted by Crippen LogP contribution is 2.02. The van der Waals surface area contributed by atoms with Gasteiger partial charge in [0.1, 0.15) is 0 Å². The molecule has 1 saturated heterocycles. The van der Waals surface area contributed by atoms with E-state index in [1.807, 2.05) is 0 Å². The van der Waals surface area contributed by atoms with Crippen molar-refractivity contribution in [3.63, 3.8) is 0 Å². The molecule has 102 valence electrons. The summed E-state index contributed by atoms with van der Waals surface area (Å²) in [6.45, 7) is 15.5. The predicted molar refractivity (Wildman–Crippen MR) is 75.5 cm³/mol. The minimum atomic E-state index is 0.682. The van der Waals surface area contributed by atoms with E-state index in [2.05, 4.69) is 35.9 Å². The zero-order chi connectivity index (χ0) is 12.5. The van der Waals surface area contributed by atoms with Gasteiger partial charge in [-0.15, -0.1) is 0 Å². The average Bonchev–Trinajstić information content (AvgIpc) is 2.32. The van der Waals surface area contributed by atoms with E-state index in [0.29, 0.717) is 6.04 Å². The topological polar surface area (TPSA) is 18.5 Å². The van der Waals surface area contributed by atoms with Crippen LogP contribution in [-0.2, 0) is 0 Å². The summed E-state index contributed by atoms with van der Waals surface area (Å²) in [7, 11) is 0. The largest absolute Gasteiger partial charge is 0.313 e. The molecule has 3 heteroatoms. The fourth-order valence-corrected chi connectivity index (χ4v) is 2.56. The Morgan fingerprint density at radius 1 is 0.941 bits per heavy atom. The van der Waals surface area contributed by atoms with Crippen molar-refractivity contribution in [2.75, 3.05) is 45.8 Å². The van der Waals surface area contributed by atoms with Crippen molar-refractivity contribution in [2.45, 2.75) is 46.1 Å². The van der Waals surface area contributed by atoms with E-state index in [4.69, 9.17) is 0 Å². The van der Waals surface area contributed by atoms with E-state index in [-0.39, 0.29) is 0 Å². The molecule has 17 heavy (non-hydrogen) atoms. The van der Waals surface area contributed by atoms with Crippen molar-refractivity contribution in [3.8, 4) is 0 Å². The van der Waals surface area contributed by atoms with Gasteiger partial charge in [0.15, 0.2) is 0 Å². The molecule has 0 aliphatic carbocycles. The van der Waals surface area contributed by atoms with Crippen LogP contribution in [0.25, 0.3) is 0 Å². The zero-order valence-corrected chi connectivity index (χ0v) is 12.0. The van der Waals surface area contributed by atoms with Gasteiger partial charge >= 0.3 is 0 Å². The van der Waals surface area contributed by atoms with Crippen LogP contribution in [0.4, 0.5) is 0 Å². The smallest absolute Gasteiger partial charge is 0.0110 e. The van der Waals surface area contributed by atoms with Crippen molar-refractivity contribution >= 4 is 0 Å². The highest BCUT2D eigenvalue weighted by molar-refractivity contribution is 4.72. The molecule has 1 heterocycles. The van der Waals surface area contributed by atoms with Crippen LogP contribution >= 0.6 is 0 Å². The van der Waals surface area contributed by atoms with E-state index in [9.17, 15) is 0 Å². The standard InChI is InChI=1S/C14H31N3/c1-4-6-14(3)15-7-9-17-12-10-16(8-5-2)11-13-17/h14-15H,4-13H2,1-3H3. The van der Waals surface area contributed by atoms with Crippen LogP contribution in [-0.4, -0.2) is 61.7 Å². The van der Waals surface area contributed by atoms with Gasteiger partial charge in [0.2, 0.25) is 0 Å². The SMILES string of the molecule is CCCC(C)NCCN1CCN(CCC)CC1. The number of hydrogen-bond acceptors (Lipinski definition) is 3. The molecule has 1 aliphatic heterocycles. The van der Waals surface area contributed by atoms with Crippen molar-refractivity contribution in [3.05, 3.63) is 0 Å². The maximum Gasteiger partial charge on any atom is 0.0110 e. The van der Waals surface area contributed by atoms with Crippen LogP contribution in [0.2, 0.25) is 0 Å². The van der Waals surface area contributed by atoms with Crippen molar-refractivity contribution in [2.24, 2.45) is 0 Å². The third kappa shape index (κ3) is 6.39. The van der Waals surface area contributed by atoms with Crippen LogP contribution in [0.1, 0.15) is 40.0 Å². The van der Waals surface area contributed by atoms with Gasteiger partial charge in [0.05, 0.1) is 0 Å². The number of hydrogen-bond donors (Lipinski definition) is 1. The molecule has 1 atom stereocenters. The molecule has 1 unspecified atom stereocenters. The van der Waals surface area contributed by atoms with E-state index in [1.54, 1.807) is 0 Å². The Balaban J connectivity index is 2.02. The molecule has 0 radical (unpaired) electrons. The molecule has 0 bridgehead atoms. The summed E-state index contributed by atoms with van der Waals surface area (Å²) < 4.78 is 0. The lowest BCUT2D eigenvalue weighted by Gasteiger charge is -2.34. The van der Waals surface area contributed by atoms with Gasteiger partial charge in [-0.2, -0.15) is 0 Å². The van der Waals surface area contributed by atoms with E-state index in [1.165, 1.54) is 58.5 Å². The molecule has 1 N–H and O–H groups in total. The van der Waals surface area contributed by atoms with Gasteiger partial charge < -0.3 is 10.2 Å². The molecule has 0 spiro atoms. The van der Waals surface area contributed by atoms with Crippen LogP contribution < -0.4 is 5.32 Å². The summed E-state index contributed by atoms with van der Waals surface area (Å²) in [5.74, 6) is 0. The summed E-state index contributed by atoms with van der Waals surface area (Å²) in [5, 5.41) is 3.61. The van der Waals surface area contributed by atoms with Crippen molar-refractivity contribution in [1.82, 2.24) is 15.1 Å². The molecule has 1 fully saturated rings. The fraction of sp³-hybridized carbons (Fsp3) is 1.00. The highest BCUT2D eigenvalue weighted by atomic mass is 15.3. The van der Waals surface area contributed by atoms with Gasteiger partial charge in [-0.25, -0.2) is 0 Å². The minimum Gasteiger partial charge on any atom is -0.313 e. The third-order valence-corrected chi connectivity index (χ3v) is 3.65. The first-order valence-corrected chi connectivity index (χ1v) is 7.44. The second kappa shape index (κ2) is 8.90. The Bertz CT molecular complexity index is 176. The van der Waals surface area contributed by atoms with Crippen LogP contribution in [0.3, 0.4) is 0 Å². The summed E-state index contributed by atoms with van der Waals surface area (Å²) >= 11 is 0. The van der Waals surface area contributed by atoms with Gasteiger partial charge in [-0.3, -0.25) is 4.90 Å². The van der Waals surface area contributed by atoms with Gasteiger partial charge in [-0.05, 0) is 26.3 Å². The molecular weight excluding hydrogens is 210 g/mol. The molecule has 0 saturated carbocycles. The lowest BCUT2D eigenvalue weighted by molar-refractivity contribution is 0.132. The first kappa shape index (κ1) is 14.9. The maximum absolute atomic E-state index is 3.61. The summed E-state index contributed by atoms with van der Waals surface area (Å²) in [5.41, 5.74) is 0. The van der Waals surface area contributed by atoms with Gasteiger partial charge in [0, 0.05) is 45.3 Å². The highest BCUT2D eigenvalue weighted by Gasteiger charge is 2.15. The molecule has 0 aromatic rings. The predicted octanol–water partition coefficient (Wildman–Crippen LogP) is 1.79. The molecule has 3 nitrogen and oxygen atoms in total. The Hall–Kier alpha value is -0.120. The average molecular weight is 241 g/mol. The third-order valence-electron chi connectivity index (χ3n) is 3.65. The molecular formula is C14H31N3. The fourth-order valence-electron chi connectivity index (χ4n) is 2.56. The van der Waals surface area contributed by atoms with Crippen molar-refractivity contribution in [1.29, 1.82) is 0 Å². The Kier molecular flexibility index (Phi) is 7.82. The van der Waals surface area contributed by atoms with E-state index < -0.39 is 0 Å². The molecule has 1 aliphatic rings. The lowest BCUT2D eigenvalue weighted by Crippen LogP contribution is -2.48. The quantitative estimate of drug-likeness (QED) is 0.699. The molecule has 0 amide bonds. The number of rotatable bonds is 8. The Morgan fingerprint density at radius 2 is 1.53 bits per heavy atom. The second-order valence-corrected chi connectivity index (χ2v) is 5.33. The number of nitrogens with zero attached hydrogens (tertiary/aromatic N) is 2. The van der Waals surface area contributed by atoms with Gasteiger partial charge in [-0.1, -0.05) is 20.3 Å². The summed E-state index contributed by atoms with van der Waals surface area (Å²) in [6.07, 6.45) is 3.87. The zero-order valence-electron chi connectivity index (χ0n) is 12.0. The number of nitrogens with one attached hydrogen (secondary N) is 1. The molecule has 0 aromatic carbocycles. The normalized spacial score (nSPS) is 20.6. The van der Waals surface area contributed by atoms with E-state index in [0.717, 1.165) is 6.54 Å². The summed E-state index contributed by atoms with van der Waals surface area (Å²) in [6, 6.07) is 0.682. The maximum atomic E-state index is 3.61. The van der Waals surface area contributed by atoms with Crippen molar-refractivity contribution < 1.29 is 0 Å². The molecule has 0 aromatic heterocycles. The Labute approximate surface area is 108 Å². The van der Waals surface area contributed by atoms with Crippen LogP contribution in [0.15, 0.2) is 0 Å². The second-order valence-electron chi connectivity index (χ2n) is 5.33. The van der Waals surface area contributed by atoms with E-state index >= 15 is 0 Å². The lowest BCUT2D eigenvalue weighted by atomic mass is 10.2. The first-order chi connectivity index (χ1) is 8.26. The monoisotopic (exact) mass is 241 g/mol.